The lowest BCUT2D eigenvalue weighted by Crippen LogP contribution is -2.35. The van der Waals surface area contributed by atoms with Gasteiger partial charge in [-0.05, 0) is 30.5 Å². The van der Waals surface area contributed by atoms with Gasteiger partial charge in [0.05, 0.1) is 0 Å². The van der Waals surface area contributed by atoms with Crippen molar-refractivity contribution >= 4 is 5.91 Å². The highest BCUT2D eigenvalue weighted by atomic mass is 16.2. The second-order valence-electron chi connectivity index (χ2n) is 6.93. The first-order chi connectivity index (χ1) is 12.6. The molecule has 1 heterocycles. The van der Waals surface area contributed by atoms with Crippen LogP contribution in [0.4, 0.5) is 0 Å². The molecular weight excluding hydrogens is 326 g/mol. The predicted octanol–water partition coefficient (Wildman–Crippen LogP) is 2.50. The summed E-state index contributed by atoms with van der Waals surface area (Å²) in [7, 11) is 0. The maximum atomic E-state index is 12.3. The maximum Gasteiger partial charge on any atom is 0.243 e. The van der Waals surface area contributed by atoms with E-state index < -0.39 is 0 Å². The number of benzene rings is 2. The van der Waals surface area contributed by atoms with Gasteiger partial charge in [0.1, 0.15) is 6.54 Å². The standard InChI is InChI=1S/C20H21N5O/c1-15-7-9-16(10-8-15)19-22-24-25(23-19)13-18(26)21-14-20(11-12-20)17-5-3-2-4-6-17/h2-10H,11-14H2,1H3,(H,21,26). The van der Waals surface area contributed by atoms with Crippen LogP contribution in [0.3, 0.4) is 0 Å². The summed E-state index contributed by atoms with van der Waals surface area (Å²) in [5.41, 5.74) is 3.46. The molecule has 1 fully saturated rings. The topological polar surface area (TPSA) is 72.7 Å². The minimum atomic E-state index is -0.0972. The fourth-order valence-electron chi connectivity index (χ4n) is 3.09. The molecule has 1 aliphatic carbocycles. The molecule has 6 nitrogen and oxygen atoms in total. The summed E-state index contributed by atoms with van der Waals surface area (Å²) in [6, 6.07) is 18.3. The summed E-state index contributed by atoms with van der Waals surface area (Å²) in [5.74, 6) is 0.431. The number of carbonyl (C=O) groups excluding carboxylic acids is 1. The van der Waals surface area contributed by atoms with E-state index >= 15 is 0 Å². The Labute approximate surface area is 152 Å². The second kappa shape index (κ2) is 6.71. The molecule has 1 aliphatic rings. The number of carbonyl (C=O) groups is 1. The Balaban J connectivity index is 1.35. The second-order valence-corrected chi connectivity index (χ2v) is 6.93. The highest BCUT2D eigenvalue weighted by Crippen LogP contribution is 2.47. The molecule has 0 bridgehead atoms. The van der Waals surface area contributed by atoms with Crippen LogP contribution in [0.25, 0.3) is 11.4 Å². The molecule has 4 rings (SSSR count). The number of hydrogen-bond acceptors (Lipinski definition) is 4. The van der Waals surface area contributed by atoms with E-state index in [4.69, 9.17) is 0 Å². The third kappa shape index (κ3) is 3.49. The molecule has 0 saturated heterocycles. The molecule has 1 aromatic heterocycles. The van der Waals surface area contributed by atoms with E-state index in [1.807, 2.05) is 49.4 Å². The largest absolute Gasteiger partial charge is 0.354 e. The van der Waals surface area contributed by atoms with Gasteiger partial charge in [-0.25, -0.2) is 0 Å². The summed E-state index contributed by atoms with van der Waals surface area (Å²) in [6.07, 6.45) is 2.22. The van der Waals surface area contributed by atoms with Gasteiger partial charge in [0.25, 0.3) is 0 Å². The molecule has 2 aromatic carbocycles. The summed E-state index contributed by atoms with van der Waals surface area (Å²) in [5, 5.41) is 15.4. The molecule has 0 atom stereocenters. The Morgan fingerprint density at radius 1 is 1.12 bits per heavy atom. The van der Waals surface area contributed by atoms with Crippen molar-refractivity contribution in [2.75, 3.05) is 6.54 Å². The van der Waals surface area contributed by atoms with Crippen molar-refractivity contribution in [2.45, 2.75) is 31.7 Å². The number of nitrogens with zero attached hydrogens (tertiary/aromatic N) is 4. The van der Waals surface area contributed by atoms with E-state index in [9.17, 15) is 4.79 Å². The molecule has 1 saturated carbocycles. The first kappa shape index (κ1) is 16.4. The smallest absolute Gasteiger partial charge is 0.243 e. The van der Waals surface area contributed by atoms with Crippen LogP contribution in [0.1, 0.15) is 24.0 Å². The van der Waals surface area contributed by atoms with Crippen LogP contribution in [0.15, 0.2) is 54.6 Å². The van der Waals surface area contributed by atoms with Gasteiger partial charge in [-0.1, -0.05) is 60.2 Å². The fourth-order valence-corrected chi connectivity index (χ4v) is 3.09. The van der Waals surface area contributed by atoms with Crippen LogP contribution in [0.2, 0.25) is 0 Å². The van der Waals surface area contributed by atoms with Gasteiger partial charge in [0, 0.05) is 17.5 Å². The van der Waals surface area contributed by atoms with E-state index in [0.717, 1.165) is 18.4 Å². The molecule has 6 heteroatoms. The summed E-state index contributed by atoms with van der Waals surface area (Å²) in [6.45, 7) is 2.75. The van der Waals surface area contributed by atoms with Crippen LogP contribution in [-0.2, 0) is 16.8 Å². The fraction of sp³-hybridized carbons (Fsp3) is 0.300. The van der Waals surface area contributed by atoms with Gasteiger partial charge < -0.3 is 5.32 Å². The molecule has 0 unspecified atom stereocenters. The normalized spacial score (nSPS) is 14.8. The number of nitrogens with one attached hydrogen (secondary N) is 1. The van der Waals surface area contributed by atoms with Crippen molar-refractivity contribution in [3.63, 3.8) is 0 Å². The lowest BCUT2D eigenvalue weighted by Gasteiger charge is -2.16. The predicted molar refractivity (Wildman–Crippen MR) is 98.4 cm³/mol. The van der Waals surface area contributed by atoms with Gasteiger partial charge in [-0.2, -0.15) is 4.80 Å². The lowest BCUT2D eigenvalue weighted by molar-refractivity contribution is -0.122. The highest BCUT2D eigenvalue weighted by molar-refractivity contribution is 5.75. The van der Waals surface area contributed by atoms with Crippen molar-refractivity contribution in [3.05, 3.63) is 65.7 Å². The number of hydrogen-bond donors (Lipinski definition) is 1. The molecule has 1 amide bonds. The quantitative estimate of drug-likeness (QED) is 0.743. The van der Waals surface area contributed by atoms with Crippen LogP contribution >= 0.6 is 0 Å². The molecule has 0 aliphatic heterocycles. The van der Waals surface area contributed by atoms with Crippen LogP contribution in [-0.4, -0.2) is 32.7 Å². The van der Waals surface area contributed by atoms with E-state index in [0.29, 0.717) is 12.4 Å². The van der Waals surface area contributed by atoms with Crippen molar-refractivity contribution in [1.82, 2.24) is 25.5 Å². The number of tetrazole rings is 1. The molecule has 26 heavy (non-hydrogen) atoms. The van der Waals surface area contributed by atoms with Crippen molar-refractivity contribution < 1.29 is 4.79 Å². The average Bonchev–Trinajstić information content (AvgIpc) is 3.33. The number of aryl methyl sites for hydroxylation is 1. The third-order valence-electron chi connectivity index (χ3n) is 4.91. The van der Waals surface area contributed by atoms with E-state index in [2.05, 4.69) is 32.9 Å². The molecular formula is C20H21N5O. The number of amides is 1. The number of aromatic nitrogens is 4. The lowest BCUT2D eigenvalue weighted by atomic mass is 9.96. The van der Waals surface area contributed by atoms with Gasteiger partial charge in [-0.15, -0.1) is 10.2 Å². The van der Waals surface area contributed by atoms with Crippen LogP contribution in [0.5, 0.6) is 0 Å². The average molecular weight is 347 g/mol. The highest BCUT2D eigenvalue weighted by Gasteiger charge is 2.44. The van der Waals surface area contributed by atoms with Crippen LogP contribution in [0, 0.1) is 6.92 Å². The maximum absolute atomic E-state index is 12.3. The van der Waals surface area contributed by atoms with Crippen molar-refractivity contribution in [2.24, 2.45) is 0 Å². The van der Waals surface area contributed by atoms with Gasteiger partial charge in [-0.3, -0.25) is 4.79 Å². The Hall–Kier alpha value is -3.02. The minimum absolute atomic E-state index is 0.0731. The zero-order valence-electron chi connectivity index (χ0n) is 14.7. The van der Waals surface area contributed by atoms with Crippen molar-refractivity contribution in [1.29, 1.82) is 0 Å². The molecule has 132 valence electrons. The van der Waals surface area contributed by atoms with E-state index in [1.165, 1.54) is 15.9 Å². The molecule has 3 aromatic rings. The zero-order chi connectivity index (χ0) is 18.0. The Morgan fingerprint density at radius 3 is 2.54 bits per heavy atom. The van der Waals surface area contributed by atoms with E-state index in [1.54, 1.807) is 0 Å². The Kier molecular flexibility index (Phi) is 4.24. The summed E-state index contributed by atoms with van der Waals surface area (Å²) in [4.78, 5) is 13.6. The third-order valence-corrected chi connectivity index (χ3v) is 4.91. The van der Waals surface area contributed by atoms with Crippen molar-refractivity contribution in [3.8, 4) is 11.4 Å². The zero-order valence-corrected chi connectivity index (χ0v) is 14.7. The van der Waals surface area contributed by atoms with E-state index in [-0.39, 0.29) is 17.9 Å². The molecule has 1 N–H and O–H groups in total. The first-order valence-corrected chi connectivity index (χ1v) is 8.82. The number of rotatable bonds is 6. The van der Waals surface area contributed by atoms with Gasteiger partial charge in [0.15, 0.2) is 0 Å². The monoisotopic (exact) mass is 347 g/mol. The molecule has 0 spiro atoms. The Morgan fingerprint density at radius 2 is 1.85 bits per heavy atom. The summed E-state index contributed by atoms with van der Waals surface area (Å²) < 4.78 is 0. The Bertz CT molecular complexity index is 897. The first-order valence-electron chi connectivity index (χ1n) is 8.82. The molecule has 0 radical (unpaired) electrons. The van der Waals surface area contributed by atoms with Gasteiger partial charge >= 0.3 is 0 Å². The van der Waals surface area contributed by atoms with Crippen LogP contribution < -0.4 is 5.32 Å². The SMILES string of the molecule is Cc1ccc(-c2nnn(CC(=O)NCC3(c4ccccc4)CC3)n2)cc1. The summed E-state index contributed by atoms with van der Waals surface area (Å²) >= 11 is 0. The minimum Gasteiger partial charge on any atom is -0.354 e. The van der Waals surface area contributed by atoms with Gasteiger partial charge in [0.2, 0.25) is 11.7 Å².